The summed E-state index contributed by atoms with van der Waals surface area (Å²) in [6, 6.07) is 5.15. The lowest BCUT2D eigenvalue weighted by molar-refractivity contribution is 0.0549. The number of fused-ring (bicyclic) bond motifs is 1. The molecule has 0 spiro atoms. The minimum atomic E-state index is -0.208. The molecular weight excluding hydrogens is 228 g/mol. The summed E-state index contributed by atoms with van der Waals surface area (Å²) in [5.74, 6) is -0.380. The van der Waals surface area contributed by atoms with E-state index in [0.717, 1.165) is 25.7 Å². The number of hydrogen-bond acceptors (Lipinski definition) is 3. The summed E-state index contributed by atoms with van der Waals surface area (Å²) >= 11 is 0. The highest BCUT2D eigenvalue weighted by Gasteiger charge is 2.41. The van der Waals surface area contributed by atoms with Gasteiger partial charge in [-0.2, -0.15) is 0 Å². The number of carbonyl (C=O) groups excluding carboxylic acids is 2. The molecule has 2 aliphatic rings. The maximum atomic E-state index is 12.4. The zero-order valence-electron chi connectivity index (χ0n) is 10.2. The van der Waals surface area contributed by atoms with E-state index >= 15 is 0 Å². The third kappa shape index (κ3) is 1.52. The Morgan fingerprint density at radius 3 is 2.44 bits per heavy atom. The fourth-order valence-electron chi connectivity index (χ4n) is 3.00. The molecule has 1 aromatic carbocycles. The lowest BCUT2D eigenvalue weighted by atomic mass is 9.94. The Morgan fingerprint density at radius 2 is 1.78 bits per heavy atom. The van der Waals surface area contributed by atoms with E-state index in [1.54, 1.807) is 18.2 Å². The zero-order valence-corrected chi connectivity index (χ0v) is 10.2. The summed E-state index contributed by atoms with van der Waals surface area (Å²) < 4.78 is 0. The van der Waals surface area contributed by atoms with E-state index in [1.165, 1.54) is 11.3 Å². The van der Waals surface area contributed by atoms with Crippen molar-refractivity contribution in [1.82, 2.24) is 4.90 Å². The van der Waals surface area contributed by atoms with Gasteiger partial charge in [-0.15, -0.1) is 0 Å². The Balaban J connectivity index is 1.99. The molecule has 94 valence electrons. The summed E-state index contributed by atoms with van der Waals surface area (Å²) in [7, 11) is 0. The molecule has 1 aromatic rings. The topological polar surface area (TPSA) is 63.4 Å². The van der Waals surface area contributed by atoms with Gasteiger partial charge >= 0.3 is 0 Å². The van der Waals surface area contributed by atoms with E-state index in [1.807, 2.05) is 0 Å². The second-order valence-corrected chi connectivity index (χ2v) is 5.04. The first-order chi connectivity index (χ1) is 8.70. The first kappa shape index (κ1) is 11.3. The first-order valence-electron chi connectivity index (χ1n) is 6.46. The van der Waals surface area contributed by atoms with Gasteiger partial charge < -0.3 is 5.73 Å². The number of hydrogen-bond donors (Lipinski definition) is 1. The molecule has 0 bridgehead atoms. The van der Waals surface area contributed by atoms with E-state index in [0.29, 0.717) is 16.8 Å². The summed E-state index contributed by atoms with van der Waals surface area (Å²) in [6.07, 6.45) is 5.22. The normalized spacial score (nSPS) is 20.3. The van der Waals surface area contributed by atoms with E-state index in [9.17, 15) is 9.59 Å². The lowest BCUT2D eigenvalue weighted by Gasteiger charge is -2.29. The standard InChI is InChI=1S/C14H16N2O2/c15-11-8-4-7-10-12(11)14(18)16(13(10)17)9-5-2-1-3-6-9/h4,7-9H,1-3,5-6,15H2. The highest BCUT2D eigenvalue weighted by molar-refractivity contribution is 6.23. The van der Waals surface area contributed by atoms with Crippen LogP contribution in [0.1, 0.15) is 52.8 Å². The van der Waals surface area contributed by atoms with Crippen molar-refractivity contribution >= 4 is 17.5 Å². The van der Waals surface area contributed by atoms with Gasteiger partial charge in [0.05, 0.1) is 11.1 Å². The predicted molar refractivity (Wildman–Crippen MR) is 68.2 cm³/mol. The predicted octanol–water partition coefficient (Wildman–Crippen LogP) is 2.20. The van der Waals surface area contributed by atoms with Gasteiger partial charge in [0.15, 0.2) is 0 Å². The summed E-state index contributed by atoms with van der Waals surface area (Å²) in [5.41, 5.74) is 7.08. The quantitative estimate of drug-likeness (QED) is 0.608. The molecule has 0 atom stereocenters. The molecule has 0 radical (unpaired) electrons. The molecule has 2 N–H and O–H groups in total. The van der Waals surface area contributed by atoms with E-state index in [4.69, 9.17) is 5.73 Å². The molecule has 1 fully saturated rings. The van der Waals surface area contributed by atoms with Gasteiger partial charge in [-0.25, -0.2) is 0 Å². The molecule has 3 rings (SSSR count). The van der Waals surface area contributed by atoms with Crippen molar-refractivity contribution in [1.29, 1.82) is 0 Å². The number of rotatable bonds is 1. The SMILES string of the molecule is Nc1cccc2c1C(=O)N(C1CCCCC1)C2=O. The average Bonchev–Trinajstić information content (AvgIpc) is 2.64. The van der Waals surface area contributed by atoms with Crippen molar-refractivity contribution in [3.8, 4) is 0 Å². The lowest BCUT2D eigenvalue weighted by Crippen LogP contribution is -2.40. The third-order valence-electron chi connectivity index (χ3n) is 3.92. The maximum Gasteiger partial charge on any atom is 0.263 e. The Kier molecular flexibility index (Phi) is 2.58. The molecule has 0 aromatic heterocycles. The fraction of sp³-hybridized carbons (Fsp3) is 0.429. The van der Waals surface area contributed by atoms with Crippen molar-refractivity contribution in [2.75, 3.05) is 5.73 Å². The smallest absolute Gasteiger partial charge is 0.263 e. The summed E-state index contributed by atoms with van der Waals surface area (Å²) in [4.78, 5) is 26.1. The largest absolute Gasteiger partial charge is 0.398 e. The minimum absolute atomic E-state index is 0.0607. The van der Waals surface area contributed by atoms with Crippen LogP contribution in [0.3, 0.4) is 0 Å². The number of nitrogens with two attached hydrogens (primary N) is 1. The number of carbonyl (C=O) groups is 2. The van der Waals surface area contributed by atoms with Gasteiger partial charge in [0.1, 0.15) is 0 Å². The molecule has 2 amide bonds. The highest BCUT2D eigenvalue weighted by Crippen LogP contribution is 2.33. The van der Waals surface area contributed by atoms with Crippen LogP contribution in [0.5, 0.6) is 0 Å². The molecule has 1 saturated carbocycles. The van der Waals surface area contributed by atoms with Crippen LogP contribution in [0.15, 0.2) is 18.2 Å². The van der Waals surface area contributed by atoms with E-state index in [2.05, 4.69) is 0 Å². The van der Waals surface area contributed by atoms with Crippen molar-refractivity contribution in [2.24, 2.45) is 0 Å². The minimum Gasteiger partial charge on any atom is -0.398 e. The van der Waals surface area contributed by atoms with Crippen LogP contribution in [0.4, 0.5) is 5.69 Å². The van der Waals surface area contributed by atoms with Gasteiger partial charge in [-0.1, -0.05) is 25.3 Å². The van der Waals surface area contributed by atoms with Gasteiger partial charge in [0.2, 0.25) is 0 Å². The van der Waals surface area contributed by atoms with Crippen LogP contribution in [0.2, 0.25) is 0 Å². The van der Waals surface area contributed by atoms with E-state index < -0.39 is 0 Å². The van der Waals surface area contributed by atoms with Crippen molar-refractivity contribution < 1.29 is 9.59 Å². The molecule has 0 unspecified atom stereocenters. The second kappa shape index (κ2) is 4.12. The summed E-state index contributed by atoms with van der Waals surface area (Å²) in [6.45, 7) is 0. The zero-order chi connectivity index (χ0) is 12.7. The number of amides is 2. The van der Waals surface area contributed by atoms with Gasteiger partial charge in [-0.3, -0.25) is 14.5 Å². The Bertz CT molecular complexity index is 519. The molecule has 1 aliphatic heterocycles. The molecule has 4 heteroatoms. The first-order valence-corrected chi connectivity index (χ1v) is 6.46. The number of imide groups is 1. The van der Waals surface area contributed by atoms with Crippen molar-refractivity contribution in [2.45, 2.75) is 38.1 Å². The van der Waals surface area contributed by atoms with Crippen molar-refractivity contribution in [3.05, 3.63) is 29.3 Å². The Hall–Kier alpha value is -1.84. The average molecular weight is 244 g/mol. The van der Waals surface area contributed by atoms with Crippen LogP contribution >= 0.6 is 0 Å². The van der Waals surface area contributed by atoms with Crippen LogP contribution in [0.25, 0.3) is 0 Å². The molecule has 0 saturated heterocycles. The number of anilines is 1. The van der Waals surface area contributed by atoms with Crippen LogP contribution in [-0.4, -0.2) is 22.8 Å². The van der Waals surface area contributed by atoms with E-state index in [-0.39, 0.29) is 17.9 Å². The maximum absolute atomic E-state index is 12.4. The molecule has 1 heterocycles. The monoisotopic (exact) mass is 244 g/mol. The Labute approximate surface area is 106 Å². The van der Waals surface area contributed by atoms with Gasteiger partial charge in [0, 0.05) is 11.7 Å². The molecule has 18 heavy (non-hydrogen) atoms. The highest BCUT2D eigenvalue weighted by atomic mass is 16.2. The van der Waals surface area contributed by atoms with Crippen molar-refractivity contribution in [3.63, 3.8) is 0 Å². The molecule has 1 aliphatic carbocycles. The van der Waals surface area contributed by atoms with Gasteiger partial charge in [-0.05, 0) is 25.0 Å². The molecule has 4 nitrogen and oxygen atoms in total. The number of nitrogen functional groups attached to an aromatic ring is 1. The Morgan fingerprint density at radius 1 is 1.06 bits per heavy atom. The van der Waals surface area contributed by atoms with Crippen LogP contribution in [-0.2, 0) is 0 Å². The number of nitrogens with zero attached hydrogens (tertiary/aromatic N) is 1. The second-order valence-electron chi connectivity index (χ2n) is 5.04. The third-order valence-corrected chi connectivity index (χ3v) is 3.92. The number of benzene rings is 1. The fourth-order valence-corrected chi connectivity index (χ4v) is 3.00. The molecular formula is C14H16N2O2. The summed E-state index contributed by atoms with van der Waals surface area (Å²) in [5, 5.41) is 0. The van der Waals surface area contributed by atoms with Gasteiger partial charge in [0.25, 0.3) is 11.8 Å². The van der Waals surface area contributed by atoms with Crippen LogP contribution in [0, 0.1) is 0 Å². The van der Waals surface area contributed by atoms with Crippen LogP contribution < -0.4 is 5.73 Å².